The van der Waals surface area contributed by atoms with Crippen molar-refractivity contribution in [1.29, 1.82) is 0 Å². The van der Waals surface area contributed by atoms with Crippen LogP contribution < -0.4 is 10.1 Å². The van der Waals surface area contributed by atoms with Crippen LogP contribution in [0.1, 0.15) is 18.4 Å². The largest absolute Gasteiger partial charge is 0.506 e. The average Bonchev–Trinajstić information content (AvgIpc) is 2.49. The number of carbonyl (C=O) groups excluding carboxylic acids is 1. The van der Waals surface area contributed by atoms with Crippen molar-refractivity contribution in [3.63, 3.8) is 0 Å². The second-order valence-electron chi connectivity index (χ2n) is 4.93. The molecule has 22 heavy (non-hydrogen) atoms. The maximum absolute atomic E-state index is 11.8. The maximum Gasteiger partial charge on any atom is 0.224 e. The van der Waals surface area contributed by atoms with Gasteiger partial charge in [-0.3, -0.25) is 4.79 Å². The fourth-order valence-electron chi connectivity index (χ4n) is 1.95. The van der Waals surface area contributed by atoms with Crippen molar-refractivity contribution in [3.05, 3.63) is 53.1 Å². The minimum absolute atomic E-state index is 0.00564. The zero-order valence-electron chi connectivity index (χ0n) is 12.3. The minimum atomic E-state index is -0.189. The van der Waals surface area contributed by atoms with E-state index in [0.717, 1.165) is 11.3 Å². The van der Waals surface area contributed by atoms with Crippen molar-refractivity contribution in [3.8, 4) is 11.5 Å². The van der Waals surface area contributed by atoms with Crippen LogP contribution in [0.2, 0.25) is 5.02 Å². The zero-order valence-corrected chi connectivity index (χ0v) is 13.1. The molecule has 1 amide bonds. The number of hydrogen-bond acceptors (Lipinski definition) is 3. The molecule has 0 heterocycles. The number of para-hydroxylation sites is 1. The monoisotopic (exact) mass is 319 g/mol. The summed E-state index contributed by atoms with van der Waals surface area (Å²) in [6.07, 6.45) is 0.888. The first kappa shape index (κ1) is 16.2. The molecule has 0 aliphatic heterocycles. The second kappa shape index (κ2) is 7.71. The van der Waals surface area contributed by atoms with E-state index in [0.29, 0.717) is 30.2 Å². The molecule has 0 spiro atoms. The topological polar surface area (TPSA) is 58.6 Å². The van der Waals surface area contributed by atoms with Crippen LogP contribution in [0.25, 0.3) is 0 Å². The van der Waals surface area contributed by atoms with Gasteiger partial charge in [0.15, 0.2) is 0 Å². The van der Waals surface area contributed by atoms with Gasteiger partial charge in [0, 0.05) is 11.4 Å². The lowest BCUT2D eigenvalue weighted by Crippen LogP contribution is -2.13. The molecule has 0 saturated carbocycles. The number of hydrogen-bond donors (Lipinski definition) is 2. The second-order valence-corrected chi connectivity index (χ2v) is 5.36. The quantitative estimate of drug-likeness (QED) is 0.621. The number of aryl methyl sites for hydroxylation is 1. The molecule has 0 radical (unpaired) electrons. The van der Waals surface area contributed by atoms with Crippen molar-refractivity contribution >= 4 is 23.2 Å². The fourth-order valence-corrected chi connectivity index (χ4v) is 2.13. The van der Waals surface area contributed by atoms with Gasteiger partial charge in [0.25, 0.3) is 0 Å². The molecule has 5 heteroatoms. The van der Waals surface area contributed by atoms with E-state index in [4.69, 9.17) is 16.3 Å². The van der Waals surface area contributed by atoms with E-state index in [-0.39, 0.29) is 11.7 Å². The lowest BCUT2D eigenvalue weighted by molar-refractivity contribution is -0.116. The number of amides is 1. The molecule has 0 fully saturated rings. The first-order chi connectivity index (χ1) is 10.6. The van der Waals surface area contributed by atoms with Crippen LogP contribution >= 0.6 is 11.6 Å². The predicted molar refractivity (Wildman–Crippen MR) is 87.7 cm³/mol. The van der Waals surface area contributed by atoms with Crippen molar-refractivity contribution in [2.75, 3.05) is 11.9 Å². The Morgan fingerprint density at radius 3 is 2.82 bits per heavy atom. The number of anilines is 1. The molecule has 2 rings (SSSR count). The summed E-state index contributed by atoms with van der Waals surface area (Å²) in [5.74, 6) is 0.634. The Hall–Kier alpha value is -2.20. The molecule has 0 aliphatic rings. The van der Waals surface area contributed by atoms with Crippen LogP contribution in [0.3, 0.4) is 0 Å². The maximum atomic E-state index is 11.8. The number of rotatable bonds is 6. The number of phenols is 1. The summed E-state index contributed by atoms with van der Waals surface area (Å²) in [5, 5.41) is 12.7. The van der Waals surface area contributed by atoms with Crippen molar-refractivity contribution < 1.29 is 14.6 Å². The highest BCUT2D eigenvalue weighted by atomic mass is 35.5. The molecule has 0 unspecified atom stereocenters. The number of ether oxygens (including phenoxy) is 1. The fraction of sp³-hybridized carbons (Fsp3) is 0.235. The molecule has 0 atom stereocenters. The van der Waals surface area contributed by atoms with Crippen molar-refractivity contribution in [2.24, 2.45) is 0 Å². The smallest absolute Gasteiger partial charge is 0.224 e. The standard InChI is InChI=1S/C17H18ClNO3/c1-12-5-2-3-6-16(12)22-10-4-7-17(21)19-14-11-13(18)8-9-15(14)20/h2-3,5-6,8-9,11,20H,4,7,10H2,1H3,(H,19,21). The third-order valence-corrected chi connectivity index (χ3v) is 3.37. The lowest BCUT2D eigenvalue weighted by Gasteiger charge is -2.10. The Kier molecular flexibility index (Phi) is 5.67. The summed E-state index contributed by atoms with van der Waals surface area (Å²) in [6, 6.07) is 12.3. The van der Waals surface area contributed by atoms with Crippen LogP contribution in [0, 0.1) is 6.92 Å². The normalized spacial score (nSPS) is 10.3. The Balaban J connectivity index is 1.76. The van der Waals surface area contributed by atoms with Crippen molar-refractivity contribution in [1.82, 2.24) is 0 Å². The summed E-state index contributed by atoms with van der Waals surface area (Å²) in [5.41, 5.74) is 1.38. The molecular formula is C17H18ClNO3. The van der Waals surface area contributed by atoms with Crippen LogP contribution in [0.15, 0.2) is 42.5 Å². The molecule has 4 nitrogen and oxygen atoms in total. The van der Waals surface area contributed by atoms with Gasteiger partial charge in [-0.25, -0.2) is 0 Å². The van der Waals surface area contributed by atoms with Gasteiger partial charge in [0.1, 0.15) is 11.5 Å². The molecule has 116 valence electrons. The summed E-state index contributed by atoms with van der Waals surface area (Å²) in [4.78, 5) is 11.8. The average molecular weight is 320 g/mol. The number of benzene rings is 2. The number of phenolic OH excluding ortho intramolecular Hbond substituents is 1. The Morgan fingerprint density at radius 1 is 1.27 bits per heavy atom. The van der Waals surface area contributed by atoms with Gasteiger partial charge in [-0.1, -0.05) is 29.8 Å². The van der Waals surface area contributed by atoms with Crippen LogP contribution in [0.4, 0.5) is 5.69 Å². The highest BCUT2D eigenvalue weighted by Crippen LogP contribution is 2.26. The minimum Gasteiger partial charge on any atom is -0.506 e. The Labute approximate surface area is 134 Å². The summed E-state index contributed by atoms with van der Waals surface area (Å²) in [7, 11) is 0. The van der Waals surface area contributed by atoms with Crippen molar-refractivity contribution in [2.45, 2.75) is 19.8 Å². The molecular weight excluding hydrogens is 302 g/mol. The first-order valence-electron chi connectivity index (χ1n) is 7.03. The zero-order chi connectivity index (χ0) is 15.9. The van der Waals surface area contributed by atoms with E-state index < -0.39 is 0 Å². The van der Waals surface area contributed by atoms with Gasteiger partial charge in [-0.05, 0) is 43.2 Å². The molecule has 0 aliphatic carbocycles. The lowest BCUT2D eigenvalue weighted by atomic mass is 10.2. The van der Waals surface area contributed by atoms with Crippen LogP contribution in [0.5, 0.6) is 11.5 Å². The van der Waals surface area contributed by atoms with E-state index in [2.05, 4.69) is 5.32 Å². The third kappa shape index (κ3) is 4.67. The highest BCUT2D eigenvalue weighted by molar-refractivity contribution is 6.31. The van der Waals surface area contributed by atoms with E-state index >= 15 is 0 Å². The number of nitrogens with one attached hydrogen (secondary N) is 1. The van der Waals surface area contributed by atoms with E-state index in [9.17, 15) is 9.90 Å². The molecule has 0 aromatic heterocycles. The van der Waals surface area contributed by atoms with E-state index in [1.807, 2.05) is 31.2 Å². The summed E-state index contributed by atoms with van der Waals surface area (Å²) < 4.78 is 5.63. The third-order valence-electron chi connectivity index (χ3n) is 3.13. The van der Waals surface area contributed by atoms with Gasteiger partial charge in [0.05, 0.1) is 12.3 Å². The SMILES string of the molecule is Cc1ccccc1OCCCC(=O)Nc1cc(Cl)ccc1O. The molecule has 2 N–H and O–H groups in total. The number of halogens is 1. The molecule has 2 aromatic rings. The summed E-state index contributed by atoms with van der Waals surface area (Å²) >= 11 is 5.83. The molecule has 2 aromatic carbocycles. The highest BCUT2D eigenvalue weighted by Gasteiger charge is 2.07. The first-order valence-corrected chi connectivity index (χ1v) is 7.41. The molecule has 0 bridgehead atoms. The van der Waals surface area contributed by atoms with Gasteiger partial charge in [-0.2, -0.15) is 0 Å². The van der Waals surface area contributed by atoms with Gasteiger partial charge >= 0.3 is 0 Å². The van der Waals surface area contributed by atoms with Gasteiger partial charge in [0.2, 0.25) is 5.91 Å². The number of aromatic hydroxyl groups is 1. The van der Waals surface area contributed by atoms with E-state index in [1.165, 1.54) is 12.1 Å². The predicted octanol–water partition coefficient (Wildman–Crippen LogP) is 4.15. The van der Waals surface area contributed by atoms with Crippen LogP contribution in [-0.4, -0.2) is 17.6 Å². The van der Waals surface area contributed by atoms with Gasteiger partial charge < -0.3 is 15.2 Å². The summed E-state index contributed by atoms with van der Waals surface area (Å²) in [6.45, 7) is 2.43. The van der Waals surface area contributed by atoms with Crippen LogP contribution in [-0.2, 0) is 4.79 Å². The number of carbonyl (C=O) groups is 1. The Bertz CT molecular complexity index is 658. The van der Waals surface area contributed by atoms with E-state index in [1.54, 1.807) is 6.07 Å². The molecule has 0 saturated heterocycles. The Morgan fingerprint density at radius 2 is 2.05 bits per heavy atom. The van der Waals surface area contributed by atoms with Gasteiger partial charge in [-0.15, -0.1) is 0 Å².